The Morgan fingerprint density at radius 3 is 3.12 bits per heavy atom. The molecule has 1 aromatic rings. The van der Waals surface area contributed by atoms with Crippen LogP contribution in [0.3, 0.4) is 0 Å². The molecule has 1 aliphatic rings. The molecule has 1 amide bonds. The average Bonchev–Trinajstić information content (AvgIpc) is 2.80. The van der Waals surface area contributed by atoms with Gasteiger partial charge in [-0.2, -0.15) is 0 Å². The van der Waals surface area contributed by atoms with Gasteiger partial charge < -0.3 is 10.6 Å². The molecule has 1 aromatic heterocycles. The molecular formula is C11H14BrN3O. The topological polar surface area (TPSA) is 54.0 Å². The first-order chi connectivity index (χ1) is 7.75. The van der Waals surface area contributed by atoms with Crippen LogP contribution in [0.2, 0.25) is 0 Å². The number of rotatable bonds is 3. The van der Waals surface area contributed by atoms with Gasteiger partial charge in [0.15, 0.2) is 0 Å². The molecule has 0 aliphatic carbocycles. The Bertz CT molecular complexity index is 360. The van der Waals surface area contributed by atoms with Crippen molar-refractivity contribution in [3.05, 3.63) is 28.5 Å². The summed E-state index contributed by atoms with van der Waals surface area (Å²) in [4.78, 5) is 15.7. The molecular weight excluding hydrogens is 270 g/mol. The maximum absolute atomic E-state index is 11.7. The van der Waals surface area contributed by atoms with E-state index in [-0.39, 0.29) is 5.91 Å². The number of amides is 1. The molecule has 0 saturated carbocycles. The van der Waals surface area contributed by atoms with Crippen LogP contribution >= 0.6 is 15.9 Å². The van der Waals surface area contributed by atoms with Gasteiger partial charge in [0.05, 0.1) is 0 Å². The molecule has 1 aliphatic heterocycles. The van der Waals surface area contributed by atoms with Crippen LogP contribution in [0.25, 0.3) is 0 Å². The zero-order valence-electron chi connectivity index (χ0n) is 8.87. The molecule has 2 N–H and O–H groups in total. The lowest BCUT2D eigenvalue weighted by Gasteiger charge is -2.10. The maximum atomic E-state index is 11.7. The van der Waals surface area contributed by atoms with E-state index in [1.165, 1.54) is 6.42 Å². The van der Waals surface area contributed by atoms with Gasteiger partial charge in [0, 0.05) is 23.3 Å². The van der Waals surface area contributed by atoms with Gasteiger partial charge in [0.1, 0.15) is 5.69 Å². The molecule has 0 aromatic carbocycles. The number of hydrogen-bond donors (Lipinski definition) is 2. The van der Waals surface area contributed by atoms with Crippen LogP contribution in [-0.4, -0.2) is 30.0 Å². The predicted molar refractivity (Wildman–Crippen MR) is 65.3 cm³/mol. The van der Waals surface area contributed by atoms with Crippen molar-refractivity contribution in [2.45, 2.75) is 18.9 Å². The summed E-state index contributed by atoms with van der Waals surface area (Å²) >= 11 is 3.28. The SMILES string of the molecule is O=C(NCC1CCCN1)c1ccc(Br)cn1. The van der Waals surface area contributed by atoms with E-state index in [0.717, 1.165) is 17.4 Å². The Balaban J connectivity index is 1.85. The van der Waals surface area contributed by atoms with E-state index in [9.17, 15) is 4.79 Å². The van der Waals surface area contributed by atoms with Gasteiger partial charge in [-0.25, -0.2) is 4.98 Å². The molecule has 1 atom stereocenters. The van der Waals surface area contributed by atoms with Gasteiger partial charge in [-0.15, -0.1) is 0 Å². The van der Waals surface area contributed by atoms with E-state index in [2.05, 4.69) is 31.5 Å². The van der Waals surface area contributed by atoms with Crippen LogP contribution in [0.5, 0.6) is 0 Å². The molecule has 0 bridgehead atoms. The minimum Gasteiger partial charge on any atom is -0.349 e. The normalized spacial score (nSPS) is 19.7. The van der Waals surface area contributed by atoms with Crippen molar-refractivity contribution in [3.63, 3.8) is 0 Å². The second-order valence-electron chi connectivity index (χ2n) is 3.86. The molecule has 86 valence electrons. The summed E-state index contributed by atoms with van der Waals surface area (Å²) < 4.78 is 0.876. The largest absolute Gasteiger partial charge is 0.349 e. The standard InChI is InChI=1S/C11H14BrN3O/c12-8-3-4-10(14-6-8)11(16)15-7-9-2-1-5-13-9/h3-4,6,9,13H,1-2,5,7H2,(H,15,16). The van der Waals surface area contributed by atoms with Gasteiger partial charge in [-0.05, 0) is 47.4 Å². The second kappa shape index (κ2) is 5.41. The third-order valence-corrected chi connectivity index (χ3v) is 3.10. The first-order valence-electron chi connectivity index (χ1n) is 5.39. The Kier molecular flexibility index (Phi) is 3.90. The van der Waals surface area contributed by atoms with Crippen LogP contribution in [-0.2, 0) is 0 Å². The summed E-state index contributed by atoms with van der Waals surface area (Å²) in [7, 11) is 0. The van der Waals surface area contributed by atoms with Gasteiger partial charge in [-0.1, -0.05) is 0 Å². The molecule has 5 heteroatoms. The fraction of sp³-hybridized carbons (Fsp3) is 0.455. The Labute approximate surface area is 103 Å². The van der Waals surface area contributed by atoms with E-state index >= 15 is 0 Å². The number of pyridine rings is 1. The number of carbonyl (C=O) groups is 1. The van der Waals surface area contributed by atoms with Crippen molar-refractivity contribution in [2.75, 3.05) is 13.1 Å². The van der Waals surface area contributed by atoms with E-state index < -0.39 is 0 Å². The lowest BCUT2D eigenvalue weighted by Crippen LogP contribution is -2.37. The molecule has 1 unspecified atom stereocenters. The van der Waals surface area contributed by atoms with E-state index in [4.69, 9.17) is 0 Å². The summed E-state index contributed by atoms with van der Waals surface area (Å²) in [5, 5.41) is 6.21. The highest BCUT2D eigenvalue weighted by Gasteiger charge is 2.15. The van der Waals surface area contributed by atoms with Crippen molar-refractivity contribution in [2.24, 2.45) is 0 Å². The Morgan fingerprint density at radius 2 is 2.50 bits per heavy atom. The highest BCUT2D eigenvalue weighted by molar-refractivity contribution is 9.10. The summed E-state index contributed by atoms with van der Waals surface area (Å²) in [6.45, 7) is 1.73. The zero-order valence-corrected chi connectivity index (χ0v) is 10.5. The van der Waals surface area contributed by atoms with Crippen molar-refractivity contribution in [1.82, 2.24) is 15.6 Å². The fourth-order valence-electron chi connectivity index (χ4n) is 1.75. The molecule has 0 spiro atoms. The highest BCUT2D eigenvalue weighted by Crippen LogP contribution is 2.07. The predicted octanol–water partition coefficient (Wildman–Crippen LogP) is 1.33. The van der Waals surface area contributed by atoms with Crippen LogP contribution in [0, 0.1) is 0 Å². The zero-order chi connectivity index (χ0) is 11.4. The number of carbonyl (C=O) groups excluding carboxylic acids is 1. The number of halogens is 1. The van der Waals surface area contributed by atoms with Crippen molar-refractivity contribution >= 4 is 21.8 Å². The molecule has 2 heterocycles. The quantitative estimate of drug-likeness (QED) is 0.880. The Hall–Kier alpha value is -0.940. The number of nitrogens with one attached hydrogen (secondary N) is 2. The monoisotopic (exact) mass is 283 g/mol. The number of hydrogen-bond acceptors (Lipinski definition) is 3. The van der Waals surface area contributed by atoms with E-state index in [1.54, 1.807) is 12.3 Å². The molecule has 4 nitrogen and oxygen atoms in total. The minimum absolute atomic E-state index is 0.110. The van der Waals surface area contributed by atoms with Gasteiger partial charge >= 0.3 is 0 Å². The Morgan fingerprint density at radius 1 is 1.62 bits per heavy atom. The first kappa shape index (κ1) is 11.5. The van der Waals surface area contributed by atoms with Gasteiger partial charge in [0.2, 0.25) is 0 Å². The third-order valence-electron chi connectivity index (χ3n) is 2.63. The lowest BCUT2D eigenvalue weighted by atomic mass is 10.2. The summed E-state index contributed by atoms with van der Waals surface area (Å²) in [5.74, 6) is -0.110. The fourth-order valence-corrected chi connectivity index (χ4v) is 1.98. The number of aromatic nitrogens is 1. The molecule has 1 saturated heterocycles. The number of nitrogens with zero attached hydrogens (tertiary/aromatic N) is 1. The smallest absolute Gasteiger partial charge is 0.269 e. The van der Waals surface area contributed by atoms with Crippen LogP contribution in [0.1, 0.15) is 23.3 Å². The van der Waals surface area contributed by atoms with E-state index in [1.807, 2.05) is 6.07 Å². The van der Waals surface area contributed by atoms with Crippen LogP contribution in [0.4, 0.5) is 0 Å². The minimum atomic E-state index is -0.110. The average molecular weight is 284 g/mol. The molecule has 0 radical (unpaired) electrons. The van der Waals surface area contributed by atoms with E-state index in [0.29, 0.717) is 18.3 Å². The molecule has 1 fully saturated rings. The van der Waals surface area contributed by atoms with Crippen molar-refractivity contribution in [3.8, 4) is 0 Å². The summed E-state index contributed by atoms with van der Waals surface area (Å²) in [6, 6.07) is 3.94. The van der Waals surface area contributed by atoms with Crippen molar-refractivity contribution in [1.29, 1.82) is 0 Å². The summed E-state index contributed by atoms with van der Waals surface area (Å²) in [5.41, 5.74) is 0.459. The summed E-state index contributed by atoms with van der Waals surface area (Å²) in [6.07, 6.45) is 3.95. The van der Waals surface area contributed by atoms with Crippen LogP contribution in [0.15, 0.2) is 22.8 Å². The first-order valence-corrected chi connectivity index (χ1v) is 6.18. The second-order valence-corrected chi connectivity index (χ2v) is 4.78. The van der Waals surface area contributed by atoms with Crippen molar-refractivity contribution < 1.29 is 4.79 Å². The third kappa shape index (κ3) is 3.02. The molecule has 2 rings (SSSR count). The highest BCUT2D eigenvalue weighted by atomic mass is 79.9. The lowest BCUT2D eigenvalue weighted by molar-refractivity contribution is 0.0945. The van der Waals surface area contributed by atoms with Crippen LogP contribution < -0.4 is 10.6 Å². The molecule has 16 heavy (non-hydrogen) atoms. The van der Waals surface area contributed by atoms with Gasteiger partial charge in [0.25, 0.3) is 5.91 Å². The maximum Gasteiger partial charge on any atom is 0.269 e. The van der Waals surface area contributed by atoms with Gasteiger partial charge in [-0.3, -0.25) is 4.79 Å².